The summed E-state index contributed by atoms with van der Waals surface area (Å²) in [6, 6.07) is 18.3. The summed E-state index contributed by atoms with van der Waals surface area (Å²) in [4.78, 5) is 27.6. The molecule has 5 heterocycles. The van der Waals surface area contributed by atoms with Gasteiger partial charge in [-0.2, -0.15) is 5.10 Å². The van der Waals surface area contributed by atoms with Crippen LogP contribution in [-0.2, 0) is 6.54 Å². The van der Waals surface area contributed by atoms with Crippen molar-refractivity contribution in [3.05, 3.63) is 94.2 Å². The third kappa shape index (κ3) is 3.88. The third-order valence-corrected chi connectivity index (χ3v) is 7.84. The summed E-state index contributed by atoms with van der Waals surface area (Å²) in [5.74, 6) is 0. The van der Waals surface area contributed by atoms with Gasteiger partial charge in [-0.25, -0.2) is 14.5 Å². The highest BCUT2D eigenvalue weighted by Gasteiger charge is 2.51. The Labute approximate surface area is 214 Å². The van der Waals surface area contributed by atoms with E-state index < -0.39 is 0 Å². The number of anilines is 1. The van der Waals surface area contributed by atoms with Crippen molar-refractivity contribution in [2.75, 3.05) is 24.5 Å². The minimum Gasteiger partial charge on any atom is -0.367 e. The number of benzene rings is 1. The molecule has 0 radical (unpaired) electrons. The van der Waals surface area contributed by atoms with E-state index in [9.17, 15) is 4.79 Å². The lowest BCUT2D eigenvalue weighted by atomic mass is 10.1. The fourth-order valence-electron chi connectivity index (χ4n) is 5.68. The molecule has 8 nitrogen and oxygen atoms in total. The number of rotatable bonds is 4. The second-order valence-corrected chi connectivity index (χ2v) is 10.5. The molecule has 1 spiro atoms. The quantitative estimate of drug-likeness (QED) is 0.380. The summed E-state index contributed by atoms with van der Waals surface area (Å²) in [6.07, 6.45) is 6.28. The van der Waals surface area contributed by atoms with Gasteiger partial charge < -0.3 is 4.90 Å². The van der Waals surface area contributed by atoms with Gasteiger partial charge in [-0.3, -0.25) is 14.1 Å². The molecule has 0 N–H and O–H groups in total. The van der Waals surface area contributed by atoms with Crippen LogP contribution < -0.4 is 10.5 Å². The second-order valence-electron chi connectivity index (χ2n) is 10.5. The first-order valence-corrected chi connectivity index (χ1v) is 12.9. The molecule has 2 aliphatic rings. The van der Waals surface area contributed by atoms with Crippen molar-refractivity contribution < 1.29 is 0 Å². The summed E-state index contributed by atoms with van der Waals surface area (Å²) in [6.45, 7) is 7.88. The van der Waals surface area contributed by atoms with Gasteiger partial charge in [-0.05, 0) is 56.0 Å². The molecule has 0 unspecified atom stereocenters. The minimum absolute atomic E-state index is 0.105. The Morgan fingerprint density at radius 1 is 0.919 bits per heavy atom. The third-order valence-electron chi connectivity index (χ3n) is 7.84. The molecular weight excluding hydrogens is 462 g/mol. The highest BCUT2D eigenvalue weighted by Crippen LogP contribution is 2.45. The van der Waals surface area contributed by atoms with Gasteiger partial charge >= 0.3 is 0 Å². The van der Waals surface area contributed by atoms with E-state index in [1.807, 2.05) is 38.4 Å². The topological polar surface area (TPSA) is 71.0 Å². The van der Waals surface area contributed by atoms with E-state index in [2.05, 4.69) is 56.3 Å². The van der Waals surface area contributed by atoms with Crippen molar-refractivity contribution in [1.29, 1.82) is 0 Å². The molecule has 5 aromatic rings. The van der Waals surface area contributed by atoms with E-state index in [0.29, 0.717) is 17.0 Å². The van der Waals surface area contributed by atoms with Gasteiger partial charge in [0.15, 0.2) is 5.65 Å². The van der Waals surface area contributed by atoms with Crippen molar-refractivity contribution in [2.45, 2.75) is 38.8 Å². The fourth-order valence-corrected chi connectivity index (χ4v) is 5.68. The van der Waals surface area contributed by atoms with Crippen LogP contribution in [0.15, 0.2) is 71.8 Å². The Morgan fingerprint density at radius 3 is 2.57 bits per heavy atom. The first-order chi connectivity index (χ1) is 18.0. The number of aryl methyl sites for hydroxylation is 2. The molecule has 1 aliphatic heterocycles. The lowest BCUT2D eigenvalue weighted by molar-refractivity contribution is 0.149. The molecule has 1 saturated heterocycles. The molecule has 4 aromatic heterocycles. The fraction of sp³-hybridized carbons (Fsp3) is 0.310. The second kappa shape index (κ2) is 8.24. The number of aromatic nitrogens is 5. The van der Waals surface area contributed by atoms with Crippen LogP contribution in [0.2, 0.25) is 0 Å². The molecule has 2 fully saturated rings. The maximum Gasteiger partial charge on any atom is 0.258 e. The molecule has 1 aliphatic carbocycles. The molecule has 0 amide bonds. The number of nitrogens with zero attached hydrogens (tertiary/aromatic N) is 7. The van der Waals surface area contributed by atoms with Crippen LogP contribution in [0.5, 0.6) is 0 Å². The molecule has 7 rings (SSSR count). The van der Waals surface area contributed by atoms with Gasteiger partial charge in [0.05, 0.1) is 23.3 Å². The average Bonchev–Trinajstić information content (AvgIpc) is 3.56. The molecule has 0 atom stereocenters. The number of pyridine rings is 1. The first-order valence-electron chi connectivity index (χ1n) is 12.9. The van der Waals surface area contributed by atoms with Gasteiger partial charge in [-0.1, -0.05) is 30.3 Å². The largest absolute Gasteiger partial charge is 0.367 e. The van der Waals surface area contributed by atoms with Gasteiger partial charge in [-0.15, -0.1) is 0 Å². The van der Waals surface area contributed by atoms with Crippen molar-refractivity contribution in [2.24, 2.45) is 0 Å². The zero-order valence-electron chi connectivity index (χ0n) is 21.1. The first kappa shape index (κ1) is 22.2. The summed E-state index contributed by atoms with van der Waals surface area (Å²) < 4.78 is 3.42. The van der Waals surface area contributed by atoms with Crippen LogP contribution in [0.4, 0.5) is 5.69 Å². The van der Waals surface area contributed by atoms with E-state index in [1.54, 1.807) is 15.0 Å². The Hall–Kier alpha value is -4.04. The summed E-state index contributed by atoms with van der Waals surface area (Å²) in [7, 11) is 0. The lowest BCUT2D eigenvalue weighted by Crippen LogP contribution is -2.54. The summed E-state index contributed by atoms with van der Waals surface area (Å²) >= 11 is 0. The Balaban J connectivity index is 1.17. The highest BCUT2D eigenvalue weighted by molar-refractivity contribution is 5.62. The van der Waals surface area contributed by atoms with E-state index in [-0.39, 0.29) is 11.1 Å². The van der Waals surface area contributed by atoms with Crippen LogP contribution in [-0.4, -0.2) is 54.1 Å². The predicted molar refractivity (Wildman–Crippen MR) is 144 cm³/mol. The van der Waals surface area contributed by atoms with Crippen LogP contribution >= 0.6 is 0 Å². The predicted octanol–water partition coefficient (Wildman–Crippen LogP) is 3.88. The number of hydrogen-bond acceptors (Lipinski definition) is 6. The number of imidazole rings is 1. The van der Waals surface area contributed by atoms with Crippen molar-refractivity contribution in [3.63, 3.8) is 0 Å². The Bertz CT molecular complexity index is 1700. The Morgan fingerprint density at radius 2 is 1.76 bits per heavy atom. The van der Waals surface area contributed by atoms with Crippen molar-refractivity contribution in [1.82, 2.24) is 28.9 Å². The molecule has 1 saturated carbocycles. The van der Waals surface area contributed by atoms with Gasteiger partial charge in [0, 0.05) is 44.0 Å². The smallest absolute Gasteiger partial charge is 0.258 e. The monoisotopic (exact) mass is 491 g/mol. The Kier molecular flexibility index (Phi) is 4.94. The highest BCUT2D eigenvalue weighted by atomic mass is 16.1. The molecular formula is C29H29N7O. The minimum atomic E-state index is -0.105. The standard InChI is InChI=1S/C29H29N7O/c1-20-14-25(32-36-16-21(2)30-28(20)36)24-15-27(37)35-18-23(8-9-26(35)31-24)33-12-13-34(29(19-33)10-11-29)17-22-6-4-3-5-7-22/h3-9,14-16,18H,10-13,17,19H2,1-2H3. The van der Waals surface area contributed by atoms with Gasteiger partial charge in [0.2, 0.25) is 0 Å². The summed E-state index contributed by atoms with van der Waals surface area (Å²) in [5.41, 5.74) is 7.15. The zero-order chi connectivity index (χ0) is 25.1. The van der Waals surface area contributed by atoms with E-state index >= 15 is 0 Å². The van der Waals surface area contributed by atoms with Crippen LogP contribution in [0.25, 0.3) is 22.7 Å². The van der Waals surface area contributed by atoms with E-state index in [0.717, 1.165) is 48.8 Å². The maximum atomic E-state index is 13.2. The number of hydrogen-bond donors (Lipinski definition) is 0. The number of fused-ring (bicyclic) bond motifs is 2. The SMILES string of the molecule is Cc1cn2nc(-c3cc(=O)n4cc(N5CCN(Cc6ccccc6)C6(CC6)C5)ccc4n3)cc(C)c2n1. The molecule has 37 heavy (non-hydrogen) atoms. The molecule has 186 valence electrons. The van der Waals surface area contributed by atoms with Gasteiger partial charge in [0.1, 0.15) is 11.3 Å². The van der Waals surface area contributed by atoms with Crippen molar-refractivity contribution in [3.8, 4) is 11.4 Å². The van der Waals surface area contributed by atoms with E-state index in [1.165, 1.54) is 18.4 Å². The zero-order valence-corrected chi connectivity index (χ0v) is 21.1. The van der Waals surface area contributed by atoms with Crippen LogP contribution in [0, 0.1) is 13.8 Å². The normalized spacial score (nSPS) is 17.2. The molecule has 0 bridgehead atoms. The van der Waals surface area contributed by atoms with Crippen LogP contribution in [0.1, 0.15) is 29.7 Å². The van der Waals surface area contributed by atoms with E-state index in [4.69, 9.17) is 4.98 Å². The number of piperazine rings is 1. The maximum absolute atomic E-state index is 13.2. The molecule has 1 aromatic carbocycles. The molecule has 8 heteroatoms. The average molecular weight is 492 g/mol. The summed E-state index contributed by atoms with van der Waals surface area (Å²) in [5, 5.41) is 4.66. The van der Waals surface area contributed by atoms with Crippen LogP contribution in [0.3, 0.4) is 0 Å². The van der Waals surface area contributed by atoms with Crippen molar-refractivity contribution >= 4 is 17.0 Å². The van der Waals surface area contributed by atoms with Gasteiger partial charge in [0.25, 0.3) is 5.56 Å². The lowest BCUT2D eigenvalue weighted by Gasteiger charge is -2.43.